The molecule has 0 aliphatic carbocycles. The summed E-state index contributed by atoms with van der Waals surface area (Å²) in [6.45, 7) is 4.57. The third-order valence-electron chi connectivity index (χ3n) is 4.66. The van der Waals surface area contributed by atoms with Crippen molar-refractivity contribution in [3.63, 3.8) is 0 Å². The van der Waals surface area contributed by atoms with Crippen molar-refractivity contribution in [2.24, 2.45) is 0 Å². The maximum absolute atomic E-state index is 2.34. The first kappa shape index (κ1) is 17.8. The van der Waals surface area contributed by atoms with E-state index in [1.54, 1.807) is 11.1 Å². The van der Waals surface area contributed by atoms with Gasteiger partial charge in [0.1, 0.15) is 0 Å². The fraction of sp³-hybridized carbons (Fsp3) is 0.478. The summed E-state index contributed by atoms with van der Waals surface area (Å²) in [7, 11) is 0. The molecule has 0 unspecified atom stereocenters. The van der Waals surface area contributed by atoms with Gasteiger partial charge in [0.25, 0.3) is 0 Å². The third kappa shape index (κ3) is 5.53. The van der Waals surface area contributed by atoms with Gasteiger partial charge in [0.15, 0.2) is 0 Å². The van der Waals surface area contributed by atoms with Gasteiger partial charge in [-0.2, -0.15) is 0 Å². The van der Waals surface area contributed by atoms with E-state index in [1.807, 2.05) is 0 Å². The molecule has 0 saturated carbocycles. The molecule has 0 spiro atoms. The minimum absolute atomic E-state index is 1.20. The lowest BCUT2D eigenvalue weighted by molar-refractivity contribution is 0.606. The fourth-order valence-electron chi connectivity index (χ4n) is 3.40. The summed E-state index contributed by atoms with van der Waals surface area (Å²) in [6.07, 6.45) is 11.9. The monoisotopic (exact) mass is 308 g/mol. The fourth-order valence-corrected chi connectivity index (χ4v) is 3.40. The molecule has 0 N–H and O–H groups in total. The zero-order valence-corrected chi connectivity index (χ0v) is 15.0. The second-order valence-electron chi connectivity index (χ2n) is 6.58. The van der Waals surface area contributed by atoms with Gasteiger partial charge in [0.05, 0.1) is 0 Å². The molecule has 23 heavy (non-hydrogen) atoms. The molecule has 0 heterocycles. The Labute approximate surface area is 143 Å². The highest BCUT2D eigenvalue weighted by atomic mass is 14.1. The highest BCUT2D eigenvalue weighted by molar-refractivity contribution is 5.68. The summed E-state index contributed by atoms with van der Waals surface area (Å²) in [5, 5.41) is 0. The third-order valence-corrected chi connectivity index (χ3v) is 4.66. The molecule has 0 fully saturated rings. The molecule has 124 valence electrons. The topological polar surface area (TPSA) is 0 Å². The van der Waals surface area contributed by atoms with Crippen LogP contribution in [0.15, 0.2) is 48.5 Å². The van der Waals surface area contributed by atoms with E-state index in [4.69, 9.17) is 0 Å². The van der Waals surface area contributed by atoms with Crippen LogP contribution >= 0.6 is 0 Å². The average molecular weight is 309 g/mol. The molecule has 0 atom stereocenters. The van der Waals surface area contributed by atoms with Crippen LogP contribution in [0, 0.1) is 0 Å². The van der Waals surface area contributed by atoms with Crippen LogP contribution in [0.25, 0.3) is 11.1 Å². The van der Waals surface area contributed by atoms with Crippen molar-refractivity contribution in [3.05, 3.63) is 59.7 Å². The summed E-state index contributed by atoms with van der Waals surface area (Å²) in [5.74, 6) is 0. The quantitative estimate of drug-likeness (QED) is 0.407. The summed E-state index contributed by atoms with van der Waals surface area (Å²) < 4.78 is 0. The smallest absolute Gasteiger partial charge is 0.0149 e. The molecular weight excluding hydrogens is 276 g/mol. The Morgan fingerprint density at radius 3 is 2.09 bits per heavy atom. The number of rotatable bonds is 10. The summed E-state index contributed by atoms with van der Waals surface area (Å²) in [4.78, 5) is 0. The predicted octanol–water partition coefficient (Wildman–Crippen LogP) is 7.21. The Hall–Kier alpha value is -1.56. The van der Waals surface area contributed by atoms with Gasteiger partial charge in [-0.3, -0.25) is 0 Å². The summed E-state index contributed by atoms with van der Waals surface area (Å²) >= 11 is 0. The largest absolute Gasteiger partial charge is 0.0654 e. The van der Waals surface area contributed by atoms with Gasteiger partial charge in [-0.1, -0.05) is 101 Å². The molecule has 0 nitrogen and oxygen atoms in total. The number of aryl methyl sites for hydroxylation is 1. The lowest BCUT2D eigenvalue weighted by Gasteiger charge is -2.15. The molecule has 0 bridgehead atoms. The van der Waals surface area contributed by atoms with Crippen molar-refractivity contribution in [2.45, 2.75) is 71.6 Å². The zero-order chi connectivity index (χ0) is 16.3. The van der Waals surface area contributed by atoms with Gasteiger partial charge in [-0.25, -0.2) is 0 Å². The van der Waals surface area contributed by atoms with Gasteiger partial charge in [-0.05, 0) is 41.5 Å². The van der Waals surface area contributed by atoms with Crippen LogP contribution in [0.3, 0.4) is 0 Å². The normalized spacial score (nSPS) is 10.9. The molecule has 0 aliphatic heterocycles. The Morgan fingerprint density at radius 2 is 1.35 bits per heavy atom. The van der Waals surface area contributed by atoms with Crippen molar-refractivity contribution < 1.29 is 0 Å². The van der Waals surface area contributed by atoms with Gasteiger partial charge >= 0.3 is 0 Å². The van der Waals surface area contributed by atoms with E-state index >= 15 is 0 Å². The Morgan fingerprint density at radius 1 is 0.609 bits per heavy atom. The number of unbranched alkanes of at least 4 members (excludes halogenated alkanes) is 5. The highest BCUT2D eigenvalue weighted by Gasteiger charge is 2.09. The molecule has 2 aromatic carbocycles. The van der Waals surface area contributed by atoms with Gasteiger partial charge in [-0.15, -0.1) is 0 Å². The molecule has 0 radical (unpaired) electrons. The number of hydrogen-bond acceptors (Lipinski definition) is 0. The molecule has 2 rings (SSSR count). The molecule has 2 aromatic rings. The molecule has 0 amide bonds. The molecule has 0 saturated heterocycles. The van der Waals surface area contributed by atoms with Crippen molar-refractivity contribution in [1.29, 1.82) is 0 Å². The van der Waals surface area contributed by atoms with E-state index in [2.05, 4.69) is 62.4 Å². The van der Waals surface area contributed by atoms with E-state index in [0.717, 1.165) is 0 Å². The van der Waals surface area contributed by atoms with Crippen LogP contribution in [0.2, 0.25) is 0 Å². The maximum atomic E-state index is 2.34. The standard InChI is InChI=1S/C23H32/c1-3-5-6-7-8-12-18-22-20(14-4-2)17-13-19-23(22)21-15-10-9-11-16-21/h9-11,13,15-17,19H,3-8,12,14,18H2,1-2H3. The lowest BCUT2D eigenvalue weighted by atomic mass is 9.90. The Kier molecular flexibility index (Phi) is 7.93. The Balaban J connectivity index is 2.11. The molecular formula is C23H32. The van der Waals surface area contributed by atoms with Gasteiger partial charge in [0.2, 0.25) is 0 Å². The first-order valence-corrected chi connectivity index (χ1v) is 9.53. The van der Waals surface area contributed by atoms with E-state index in [9.17, 15) is 0 Å². The number of hydrogen-bond donors (Lipinski definition) is 0. The van der Waals surface area contributed by atoms with Crippen molar-refractivity contribution in [3.8, 4) is 11.1 Å². The summed E-state index contributed by atoms with van der Waals surface area (Å²) in [5.41, 5.74) is 5.97. The second kappa shape index (κ2) is 10.3. The molecule has 0 aliphatic rings. The maximum Gasteiger partial charge on any atom is -0.0149 e. The van der Waals surface area contributed by atoms with E-state index in [1.165, 1.54) is 68.9 Å². The van der Waals surface area contributed by atoms with Gasteiger partial charge in [0, 0.05) is 0 Å². The van der Waals surface area contributed by atoms with Crippen LogP contribution in [-0.4, -0.2) is 0 Å². The summed E-state index contributed by atoms with van der Waals surface area (Å²) in [6, 6.07) is 17.8. The van der Waals surface area contributed by atoms with Crippen LogP contribution in [0.5, 0.6) is 0 Å². The molecule has 0 heteroatoms. The Bertz CT molecular complexity index is 554. The SMILES string of the molecule is CCCCCCCCc1c(CCC)cccc1-c1ccccc1. The van der Waals surface area contributed by atoms with Crippen molar-refractivity contribution in [1.82, 2.24) is 0 Å². The average Bonchev–Trinajstić information content (AvgIpc) is 2.60. The lowest BCUT2D eigenvalue weighted by Crippen LogP contribution is -1.98. The first-order valence-electron chi connectivity index (χ1n) is 9.53. The van der Waals surface area contributed by atoms with Crippen LogP contribution < -0.4 is 0 Å². The van der Waals surface area contributed by atoms with E-state index in [0.29, 0.717) is 0 Å². The first-order chi connectivity index (χ1) is 11.4. The van der Waals surface area contributed by atoms with Crippen LogP contribution in [-0.2, 0) is 12.8 Å². The minimum atomic E-state index is 1.20. The minimum Gasteiger partial charge on any atom is -0.0654 e. The van der Waals surface area contributed by atoms with E-state index in [-0.39, 0.29) is 0 Å². The van der Waals surface area contributed by atoms with E-state index < -0.39 is 0 Å². The van der Waals surface area contributed by atoms with Crippen LogP contribution in [0.1, 0.15) is 69.9 Å². The number of benzene rings is 2. The van der Waals surface area contributed by atoms with Crippen LogP contribution in [0.4, 0.5) is 0 Å². The van der Waals surface area contributed by atoms with Crippen molar-refractivity contribution in [2.75, 3.05) is 0 Å². The predicted molar refractivity (Wildman–Crippen MR) is 103 cm³/mol. The molecule has 0 aromatic heterocycles. The van der Waals surface area contributed by atoms with Crippen molar-refractivity contribution >= 4 is 0 Å². The second-order valence-corrected chi connectivity index (χ2v) is 6.58. The highest BCUT2D eigenvalue weighted by Crippen LogP contribution is 2.28. The zero-order valence-electron chi connectivity index (χ0n) is 15.0. The van der Waals surface area contributed by atoms with Gasteiger partial charge < -0.3 is 0 Å².